The van der Waals surface area contributed by atoms with Crippen LogP contribution in [0.1, 0.15) is 12.5 Å². The van der Waals surface area contributed by atoms with Gasteiger partial charge in [-0.15, -0.1) is 0 Å². The van der Waals surface area contributed by atoms with E-state index in [-0.39, 0.29) is 0 Å². The molecule has 0 spiro atoms. The van der Waals surface area contributed by atoms with Crippen LogP contribution in [0.3, 0.4) is 0 Å². The fourth-order valence-electron chi connectivity index (χ4n) is 1.07. The normalized spacial score (nSPS) is 10.1. The minimum atomic E-state index is 0.650. The lowest BCUT2D eigenvalue weighted by Crippen LogP contribution is -2.00. The van der Waals surface area contributed by atoms with Gasteiger partial charge >= 0.3 is 0 Å². The summed E-state index contributed by atoms with van der Waals surface area (Å²) < 4.78 is 0.825. The quantitative estimate of drug-likeness (QED) is 0.836. The summed E-state index contributed by atoms with van der Waals surface area (Å²) >= 11 is 3.34. The molecule has 0 atom stereocenters. The molecular weight excluding hydrogens is 240 g/mol. The SMILES string of the molecule is C/C=C/CNc1cccc(Br)c1C#N. The molecule has 0 saturated carbocycles. The lowest BCUT2D eigenvalue weighted by Gasteiger charge is -2.06. The fourth-order valence-corrected chi connectivity index (χ4v) is 1.53. The van der Waals surface area contributed by atoms with Crippen LogP contribution in [0.4, 0.5) is 5.69 Å². The van der Waals surface area contributed by atoms with Gasteiger partial charge in [-0.2, -0.15) is 5.26 Å². The molecule has 0 aliphatic rings. The predicted octanol–water partition coefficient (Wildman–Crippen LogP) is 3.31. The average molecular weight is 251 g/mol. The maximum absolute atomic E-state index is 8.92. The minimum absolute atomic E-state index is 0.650. The summed E-state index contributed by atoms with van der Waals surface area (Å²) in [6, 6.07) is 7.82. The zero-order valence-corrected chi connectivity index (χ0v) is 9.51. The van der Waals surface area contributed by atoms with Gasteiger partial charge < -0.3 is 5.32 Å². The van der Waals surface area contributed by atoms with Gasteiger partial charge in [-0.3, -0.25) is 0 Å². The molecule has 0 aromatic heterocycles. The summed E-state index contributed by atoms with van der Waals surface area (Å²) in [5.74, 6) is 0. The minimum Gasteiger partial charge on any atom is -0.380 e. The number of anilines is 1. The fraction of sp³-hybridized carbons (Fsp3) is 0.182. The van der Waals surface area contributed by atoms with E-state index in [9.17, 15) is 0 Å². The van der Waals surface area contributed by atoms with Crippen molar-refractivity contribution in [2.24, 2.45) is 0 Å². The molecule has 0 radical (unpaired) electrons. The summed E-state index contributed by atoms with van der Waals surface area (Å²) in [6.45, 7) is 2.70. The number of hydrogen-bond acceptors (Lipinski definition) is 2. The second-order valence-electron chi connectivity index (χ2n) is 2.72. The van der Waals surface area contributed by atoms with Gasteiger partial charge in [-0.05, 0) is 35.0 Å². The lowest BCUT2D eigenvalue weighted by atomic mass is 10.2. The highest BCUT2D eigenvalue weighted by molar-refractivity contribution is 9.10. The zero-order chi connectivity index (χ0) is 10.4. The van der Waals surface area contributed by atoms with E-state index in [1.807, 2.05) is 37.3 Å². The molecule has 1 rings (SSSR count). The van der Waals surface area contributed by atoms with E-state index in [1.54, 1.807) is 0 Å². The van der Waals surface area contributed by atoms with E-state index in [0.717, 1.165) is 16.7 Å². The molecule has 0 bridgehead atoms. The Morgan fingerprint density at radius 3 is 3.00 bits per heavy atom. The molecule has 2 nitrogen and oxygen atoms in total. The second-order valence-corrected chi connectivity index (χ2v) is 3.58. The Hall–Kier alpha value is -1.27. The molecule has 72 valence electrons. The Bertz CT molecular complexity index is 377. The number of benzene rings is 1. The van der Waals surface area contributed by atoms with Gasteiger partial charge in [0.25, 0.3) is 0 Å². The van der Waals surface area contributed by atoms with Crippen LogP contribution >= 0.6 is 15.9 Å². The number of halogens is 1. The third-order valence-corrected chi connectivity index (χ3v) is 2.43. The van der Waals surface area contributed by atoms with Crippen molar-refractivity contribution >= 4 is 21.6 Å². The molecule has 1 aromatic carbocycles. The largest absolute Gasteiger partial charge is 0.380 e. The van der Waals surface area contributed by atoms with Gasteiger partial charge in [0.1, 0.15) is 6.07 Å². The van der Waals surface area contributed by atoms with E-state index in [2.05, 4.69) is 27.3 Å². The van der Waals surface area contributed by atoms with Crippen molar-refractivity contribution in [2.45, 2.75) is 6.92 Å². The summed E-state index contributed by atoms with van der Waals surface area (Å²) in [5, 5.41) is 12.1. The van der Waals surface area contributed by atoms with Crippen molar-refractivity contribution in [3.05, 3.63) is 40.4 Å². The molecule has 0 amide bonds. The van der Waals surface area contributed by atoms with Crippen LogP contribution < -0.4 is 5.32 Å². The molecule has 1 N–H and O–H groups in total. The molecule has 0 heterocycles. The average Bonchev–Trinajstić information content (AvgIpc) is 2.18. The Morgan fingerprint density at radius 2 is 2.36 bits per heavy atom. The number of nitrogens with one attached hydrogen (secondary N) is 1. The molecule has 3 heteroatoms. The van der Waals surface area contributed by atoms with Crippen LogP contribution in [-0.4, -0.2) is 6.54 Å². The van der Waals surface area contributed by atoms with E-state index < -0.39 is 0 Å². The molecule has 1 aromatic rings. The Balaban J connectivity index is 2.86. The maximum atomic E-state index is 8.92. The predicted molar refractivity (Wildman–Crippen MR) is 62.2 cm³/mol. The van der Waals surface area contributed by atoms with Crippen molar-refractivity contribution in [3.8, 4) is 6.07 Å². The van der Waals surface area contributed by atoms with Crippen molar-refractivity contribution in [3.63, 3.8) is 0 Å². The highest BCUT2D eigenvalue weighted by atomic mass is 79.9. The summed E-state index contributed by atoms with van der Waals surface area (Å²) in [5.41, 5.74) is 1.51. The van der Waals surface area contributed by atoms with Crippen LogP contribution in [0.2, 0.25) is 0 Å². The van der Waals surface area contributed by atoms with Crippen molar-refractivity contribution in [1.29, 1.82) is 5.26 Å². The Labute approximate surface area is 92.4 Å². The maximum Gasteiger partial charge on any atom is 0.103 e. The zero-order valence-electron chi connectivity index (χ0n) is 7.92. The summed E-state index contributed by atoms with van der Waals surface area (Å²) in [7, 11) is 0. The van der Waals surface area contributed by atoms with Crippen molar-refractivity contribution in [1.82, 2.24) is 0 Å². The highest BCUT2D eigenvalue weighted by Gasteiger charge is 2.03. The number of hydrogen-bond donors (Lipinski definition) is 1. The van der Waals surface area contributed by atoms with Crippen molar-refractivity contribution in [2.75, 3.05) is 11.9 Å². The molecule has 0 fully saturated rings. The molecule has 0 aliphatic carbocycles. The van der Waals surface area contributed by atoms with Crippen molar-refractivity contribution < 1.29 is 0 Å². The summed E-state index contributed by atoms with van der Waals surface area (Å²) in [4.78, 5) is 0. The van der Waals surface area contributed by atoms with Crippen LogP contribution in [-0.2, 0) is 0 Å². The van der Waals surface area contributed by atoms with E-state index in [1.165, 1.54) is 0 Å². The smallest absolute Gasteiger partial charge is 0.103 e. The number of nitrogens with zero attached hydrogens (tertiary/aromatic N) is 1. The molecule has 0 unspecified atom stereocenters. The Kier molecular flexibility index (Phi) is 4.21. The first-order valence-electron chi connectivity index (χ1n) is 4.33. The van der Waals surface area contributed by atoms with Crippen LogP contribution in [0.15, 0.2) is 34.8 Å². The third kappa shape index (κ3) is 2.61. The molecule has 0 aliphatic heterocycles. The summed E-state index contributed by atoms with van der Waals surface area (Å²) in [6.07, 6.45) is 3.97. The highest BCUT2D eigenvalue weighted by Crippen LogP contribution is 2.23. The van der Waals surface area contributed by atoms with Gasteiger partial charge in [0.2, 0.25) is 0 Å². The number of rotatable bonds is 3. The van der Waals surface area contributed by atoms with Gasteiger partial charge in [-0.1, -0.05) is 18.2 Å². The second kappa shape index (κ2) is 5.46. The van der Waals surface area contributed by atoms with Gasteiger partial charge in [0, 0.05) is 11.0 Å². The number of allylic oxidation sites excluding steroid dienone is 1. The molecule has 14 heavy (non-hydrogen) atoms. The van der Waals surface area contributed by atoms with Crippen LogP contribution in [0.25, 0.3) is 0 Å². The van der Waals surface area contributed by atoms with Gasteiger partial charge in [0.15, 0.2) is 0 Å². The van der Waals surface area contributed by atoms with E-state index in [4.69, 9.17) is 5.26 Å². The monoisotopic (exact) mass is 250 g/mol. The van der Waals surface area contributed by atoms with Gasteiger partial charge in [-0.25, -0.2) is 0 Å². The van der Waals surface area contributed by atoms with Gasteiger partial charge in [0.05, 0.1) is 11.3 Å². The van der Waals surface area contributed by atoms with E-state index >= 15 is 0 Å². The first-order chi connectivity index (χ1) is 6.79. The standard InChI is InChI=1S/C11H11BrN2/c1-2-3-7-14-11-6-4-5-10(12)9(11)8-13/h2-6,14H,7H2,1H3/b3-2+. The molecule has 0 saturated heterocycles. The molecular formula is C11H11BrN2. The van der Waals surface area contributed by atoms with E-state index in [0.29, 0.717) is 5.56 Å². The first-order valence-corrected chi connectivity index (χ1v) is 5.12. The van der Waals surface area contributed by atoms with Crippen LogP contribution in [0, 0.1) is 11.3 Å². The topological polar surface area (TPSA) is 35.8 Å². The first kappa shape index (κ1) is 10.8. The Morgan fingerprint density at radius 1 is 1.57 bits per heavy atom. The number of nitriles is 1. The van der Waals surface area contributed by atoms with Crippen LogP contribution in [0.5, 0.6) is 0 Å². The third-order valence-electron chi connectivity index (χ3n) is 1.77. The lowest BCUT2D eigenvalue weighted by molar-refractivity contribution is 1.31.